The minimum atomic E-state index is -0.810. The van der Waals surface area contributed by atoms with Gasteiger partial charge in [0.25, 0.3) is 0 Å². The van der Waals surface area contributed by atoms with Gasteiger partial charge in [-0.05, 0) is 24.6 Å². The Balaban J connectivity index is 2.70. The Bertz CT molecular complexity index is 377. The third-order valence-corrected chi connectivity index (χ3v) is 2.08. The van der Waals surface area contributed by atoms with Crippen LogP contribution in [-0.2, 0) is 0 Å². The van der Waals surface area contributed by atoms with Gasteiger partial charge < -0.3 is 27.1 Å². The molecule has 1 aromatic carbocycles. The van der Waals surface area contributed by atoms with Crippen LogP contribution in [0.5, 0.6) is 5.75 Å². The number of hydrazone groups is 1. The highest BCUT2D eigenvalue weighted by Crippen LogP contribution is 2.20. The van der Waals surface area contributed by atoms with Gasteiger partial charge in [0, 0.05) is 0 Å². The monoisotopic (exact) mass is 224 g/mol. The number of hydrogen-bond acceptors (Lipinski definition) is 4. The Morgan fingerprint density at radius 1 is 1.44 bits per heavy atom. The average Bonchev–Trinajstić information content (AvgIpc) is 2.24. The Kier molecular flexibility index (Phi) is 3.96. The smallest absolute Gasteiger partial charge is 0.208 e. The molecule has 0 bridgehead atoms. The van der Waals surface area contributed by atoms with Crippen LogP contribution in [0.3, 0.4) is 0 Å². The molecule has 7 N–H and O–H groups in total. The molecule has 0 heterocycles. The van der Waals surface area contributed by atoms with Crippen LogP contribution in [0.4, 0.5) is 0 Å². The van der Waals surface area contributed by atoms with Crippen molar-refractivity contribution in [1.29, 1.82) is 0 Å². The molecule has 0 spiro atoms. The minimum Gasteiger partial charge on any atom is -0.508 e. The first kappa shape index (κ1) is 12.1. The van der Waals surface area contributed by atoms with E-state index in [4.69, 9.17) is 11.5 Å². The van der Waals surface area contributed by atoms with Gasteiger partial charge in [0.15, 0.2) is 0 Å². The molecule has 0 aromatic heterocycles. The molecule has 0 amide bonds. The van der Waals surface area contributed by atoms with E-state index in [1.165, 1.54) is 12.1 Å². The summed E-state index contributed by atoms with van der Waals surface area (Å²) >= 11 is 0. The molecule has 6 nitrogen and oxygen atoms in total. The second-order valence-corrected chi connectivity index (χ2v) is 3.49. The van der Waals surface area contributed by atoms with Gasteiger partial charge in [0.1, 0.15) is 11.9 Å². The van der Waals surface area contributed by atoms with Crippen molar-refractivity contribution >= 4 is 5.96 Å². The maximum absolute atomic E-state index is 9.90. The molecule has 0 saturated carbocycles. The zero-order chi connectivity index (χ0) is 12.1. The van der Waals surface area contributed by atoms with Crippen LogP contribution in [0, 0.1) is 0 Å². The van der Waals surface area contributed by atoms with Crippen LogP contribution in [0.2, 0.25) is 0 Å². The summed E-state index contributed by atoms with van der Waals surface area (Å²) < 4.78 is 0. The third-order valence-electron chi connectivity index (χ3n) is 2.08. The number of nitrogens with two attached hydrogens (primary N) is 2. The van der Waals surface area contributed by atoms with Gasteiger partial charge in [0.05, 0.1) is 6.04 Å². The van der Waals surface area contributed by atoms with E-state index in [-0.39, 0.29) is 17.8 Å². The summed E-state index contributed by atoms with van der Waals surface area (Å²) in [4.78, 5) is 0. The lowest BCUT2D eigenvalue weighted by atomic mass is 10.0. The highest BCUT2D eigenvalue weighted by atomic mass is 16.3. The van der Waals surface area contributed by atoms with Crippen LogP contribution in [-0.4, -0.2) is 22.2 Å². The number of benzene rings is 1. The van der Waals surface area contributed by atoms with Gasteiger partial charge in [0.2, 0.25) is 5.96 Å². The number of hydrogen-bond donors (Lipinski definition) is 5. The van der Waals surface area contributed by atoms with Gasteiger partial charge in [-0.3, -0.25) is 0 Å². The number of nitrogens with one attached hydrogen (secondary N) is 1. The van der Waals surface area contributed by atoms with E-state index < -0.39 is 6.10 Å². The van der Waals surface area contributed by atoms with Crippen molar-refractivity contribution in [1.82, 2.24) is 5.43 Å². The summed E-state index contributed by atoms with van der Waals surface area (Å²) in [6.07, 6.45) is -0.810. The standard InChI is InChI=1S/C10H16N4O2/c1-6(13-14-10(11)12)9(16)7-3-2-4-8(15)5-7/h2-6,9,13,15-16H,1H3,(H4,11,12,14)/t6-,9-/m0/s1. The van der Waals surface area contributed by atoms with E-state index in [0.29, 0.717) is 5.56 Å². The molecule has 88 valence electrons. The van der Waals surface area contributed by atoms with Crippen molar-refractivity contribution in [2.24, 2.45) is 16.6 Å². The molecule has 0 aliphatic rings. The predicted molar refractivity (Wildman–Crippen MR) is 61.5 cm³/mol. The van der Waals surface area contributed by atoms with Gasteiger partial charge in [-0.2, -0.15) is 0 Å². The van der Waals surface area contributed by atoms with Crippen molar-refractivity contribution < 1.29 is 10.2 Å². The summed E-state index contributed by atoms with van der Waals surface area (Å²) in [5.41, 5.74) is 13.5. The maximum atomic E-state index is 9.90. The Labute approximate surface area is 93.6 Å². The molecule has 1 rings (SSSR count). The Morgan fingerprint density at radius 3 is 2.69 bits per heavy atom. The lowest BCUT2D eigenvalue weighted by molar-refractivity contribution is 0.136. The predicted octanol–water partition coefficient (Wildman–Crippen LogP) is -0.408. The Hall–Kier alpha value is -1.95. The number of aliphatic hydroxyl groups excluding tert-OH is 1. The largest absolute Gasteiger partial charge is 0.508 e. The van der Waals surface area contributed by atoms with Gasteiger partial charge in [-0.25, -0.2) is 0 Å². The molecule has 0 unspecified atom stereocenters. The molecule has 0 aliphatic heterocycles. The van der Waals surface area contributed by atoms with Crippen LogP contribution in [0.25, 0.3) is 0 Å². The molecule has 1 aromatic rings. The number of rotatable bonds is 4. The van der Waals surface area contributed by atoms with Crippen LogP contribution >= 0.6 is 0 Å². The molecule has 6 heteroatoms. The molecule has 0 saturated heterocycles. The van der Waals surface area contributed by atoms with Gasteiger partial charge in [-0.1, -0.05) is 12.1 Å². The normalized spacial score (nSPS) is 13.9. The van der Waals surface area contributed by atoms with E-state index in [1.54, 1.807) is 19.1 Å². The lowest BCUT2D eigenvalue weighted by Crippen LogP contribution is -2.33. The first-order chi connectivity index (χ1) is 7.50. The summed E-state index contributed by atoms with van der Waals surface area (Å²) in [6, 6.07) is 6.01. The van der Waals surface area contributed by atoms with Crippen molar-refractivity contribution in [3.63, 3.8) is 0 Å². The minimum absolute atomic E-state index is 0.102. The number of guanidine groups is 1. The molecule has 2 atom stereocenters. The number of aliphatic hydroxyl groups is 1. The summed E-state index contributed by atoms with van der Waals surface area (Å²) in [7, 11) is 0. The molecule has 0 fully saturated rings. The van der Waals surface area contributed by atoms with Crippen molar-refractivity contribution in [3.8, 4) is 5.75 Å². The molecular weight excluding hydrogens is 208 g/mol. The average molecular weight is 224 g/mol. The van der Waals surface area contributed by atoms with Crippen LogP contribution < -0.4 is 16.9 Å². The third kappa shape index (κ3) is 3.32. The second kappa shape index (κ2) is 5.22. The number of phenols is 1. The molecular formula is C10H16N4O2. The van der Waals surface area contributed by atoms with E-state index in [1.807, 2.05) is 0 Å². The lowest BCUT2D eigenvalue weighted by Gasteiger charge is -2.18. The van der Waals surface area contributed by atoms with E-state index in [9.17, 15) is 10.2 Å². The fourth-order valence-corrected chi connectivity index (χ4v) is 1.24. The first-order valence-corrected chi connectivity index (χ1v) is 4.82. The van der Waals surface area contributed by atoms with E-state index in [0.717, 1.165) is 0 Å². The SMILES string of the molecule is C[C@H](NN=C(N)N)[C@H](O)c1cccc(O)c1. The maximum Gasteiger partial charge on any atom is 0.208 e. The van der Waals surface area contributed by atoms with Crippen LogP contribution in [0.15, 0.2) is 29.4 Å². The number of aromatic hydroxyl groups is 1. The zero-order valence-corrected chi connectivity index (χ0v) is 8.96. The van der Waals surface area contributed by atoms with E-state index in [2.05, 4.69) is 10.5 Å². The molecule has 0 radical (unpaired) electrons. The Morgan fingerprint density at radius 2 is 2.12 bits per heavy atom. The zero-order valence-electron chi connectivity index (χ0n) is 8.96. The molecule has 16 heavy (non-hydrogen) atoms. The number of nitrogens with zero attached hydrogens (tertiary/aromatic N) is 1. The summed E-state index contributed by atoms with van der Waals surface area (Å²) in [5.74, 6) is 0.000508. The quantitative estimate of drug-likeness (QED) is 0.271. The summed E-state index contributed by atoms with van der Waals surface area (Å²) in [6.45, 7) is 1.72. The topological polar surface area (TPSA) is 117 Å². The highest BCUT2D eigenvalue weighted by Gasteiger charge is 2.15. The van der Waals surface area contributed by atoms with E-state index >= 15 is 0 Å². The van der Waals surface area contributed by atoms with Crippen molar-refractivity contribution in [3.05, 3.63) is 29.8 Å². The number of phenolic OH excluding ortho intramolecular Hbond substituents is 1. The fraction of sp³-hybridized carbons (Fsp3) is 0.300. The van der Waals surface area contributed by atoms with Gasteiger partial charge >= 0.3 is 0 Å². The van der Waals surface area contributed by atoms with Gasteiger partial charge in [-0.15, -0.1) is 5.10 Å². The second-order valence-electron chi connectivity index (χ2n) is 3.49. The van der Waals surface area contributed by atoms with Crippen molar-refractivity contribution in [2.75, 3.05) is 0 Å². The fourth-order valence-electron chi connectivity index (χ4n) is 1.24. The van der Waals surface area contributed by atoms with Crippen molar-refractivity contribution in [2.45, 2.75) is 19.1 Å². The van der Waals surface area contributed by atoms with Crippen LogP contribution in [0.1, 0.15) is 18.6 Å². The first-order valence-electron chi connectivity index (χ1n) is 4.82. The molecule has 0 aliphatic carbocycles. The summed E-state index contributed by atoms with van der Waals surface area (Å²) in [5, 5.41) is 22.8. The highest BCUT2D eigenvalue weighted by molar-refractivity contribution is 5.75.